The highest BCUT2D eigenvalue weighted by Crippen LogP contribution is 2.40. The predicted molar refractivity (Wildman–Crippen MR) is 240 cm³/mol. The Bertz CT molecular complexity index is 2770. The Balaban J connectivity index is 0.936. The highest BCUT2D eigenvalue weighted by molar-refractivity contribution is 5.90. The molecule has 268 valence electrons. The number of hydrogen-bond acceptors (Lipinski definition) is 2. The van der Waals surface area contributed by atoms with Gasteiger partial charge in [-0.25, -0.2) is 0 Å². The summed E-state index contributed by atoms with van der Waals surface area (Å²) in [5.41, 5.74) is 13.5. The average molecular weight is 719 g/mol. The van der Waals surface area contributed by atoms with Crippen LogP contribution < -0.4 is 9.80 Å². The second-order valence-electron chi connectivity index (χ2n) is 15.0. The van der Waals surface area contributed by atoms with E-state index in [0.717, 1.165) is 47.5 Å². The fourth-order valence-electron chi connectivity index (χ4n) is 8.39. The minimum absolute atomic E-state index is 0.395. The summed E-state index contributed by atoms with van der Waals surface area (Å²) in [5, 5.41) is 4.98. The van der Waals surface area contributed by atoms with Gasteiger partial charge in [0.15, 0.2) is 0 Å². The van der Waals surface area contributed by atoms with Crippen molar-refractivity contribution in [2.45, 2.75) is 19.3 Å². The molecular formula is C54H42N2. The molecule has 10 rings (SSSR count). The molecule has 1 atom stereocenters. The maximum Gasteiger partial charge on any atom is 0.0468 e. The average Bonchev–Trinajstić information content (AvgIpc) is 3.26. The molecule has 1 unspecified atom stereocenters. The fraction of sp³-hybridized carbons (Fsp3) is 0.0741. The van der Waals surface area contributed by atoms with Crippen LogP contribution in [0.5, 0.6) is 0 Å². The van der Waals surface area contributed by atoms with Gasteiger partial charge in [-0.3, -0.25) is 0 Å². The molecule has 0 radical (unpaired) electrons. The summed E-state index contributed by atoms with van der Waals surface area (Å²) in [4.78, 5) is 4.81. The van der Waals surface area contributed by atoms with Gasteiger partial charge in [-0.2, -0.15) is 0 Å². The quantitative estimate of drug-likeness (QED) is 0.144. The molecule has 0 fully saturated rings. The zero-order valence-electron chi connectivity index (χ0n) is 31.3. The normalized spacial score (nSPS) is 15.8. The van der Waals surface area contributed by atoms with E-state index < -0.39 is 0 Å². The van der Waals surface area contributed by atoms with E-state index in [1.807, 2.05) is 0 Å². The first-order valence-corrected chi connectivity index (χ1v) is 19.7. The summed E-state index contributed by atoms with van der Waals surface area (Å²) < 4.78 is 0. The number of nitrogens with zero attached hydrogens (tertiary/aromatic N) is 2. The van der Waals surface area contributed by atoms with Crippen molar-refractivity contribution in [2.24, 2.45) is 5.92 Å². The third-order valence-corrected chi connectivity index (χ3v) is 11.4. The summed E-state index contributed by atoms with van der Waals surface area (Å²) in [6, 6.07) is 55.6. The number of hydrogen-bond donors (Lipinski definition) is 0. The van der Waals surface area contributed by atoms with Crippen molar-refractivity contribution in [3.63, 3.8) is 0 Å². The molecule has 0 N–H and O–H groups in total. The van der Waals surface area contributed by atoms with Crippen molar-refractivity contribution in [1.29, 1.82) is 0 Å². The van der Waals surface area contributed by atoms with Gasteiger partial charge in [-0.05, 0) is 135 Å². The van der Waals surface area contributed by atoms with E-state index in [9.17, 15) is 0 Å². The van der Waals surface area contributed by atoms with Crippen LogP contribution in [0.15, 0.2) is 205 Å². The lowest BCUT2D eigenvalue weighted by Gasteiger charge is -2.32. The molecule has 56 heavy (non-hydrogen) atoms. The first kappa shape index (κ1) is 33.7. The van der Waals surface area contributed by atoms with Crippen molar-refractivity contribution >= 4 is 68.2 Å². The van der Waals surface area contributed by atoms with Gasteiger partial charge in [-0.15, -0.1) is 0 Å². The minimum Gasteiger partial charge on any atom is -0.314 e. The molecule has 0 saturated heterocycles. The van der Waals surface area contributed by atoms with Crippen LogP contribution in [0.1, 0.15) is 35.1 Å². The number of benzene rings is 7. The minimum atomic E-state index is 0.395. The summed E-state index contributed by atoms with van der Waals surface area (Å²) >= 11 is 0. The zero-order chi connectivity index (χ0) is 37.3. The highest BCUT2D eigenvalue weighted by atomic mass is 15.2. The van der Waals surface area contributed by atoms with Crippen LogP contribution in [-0.4, -0.2) is 0 Å². The van der Waals surface area contributed by atoms with Gasteiger partial charge in [0.25, 0.3) is 0 Å². The number of allylic oxidation sites excluding steroid dienone is 9. The SMILES string of the molecule is C1=CC2=CC=C(N(c3ccc(/C=C\c4ccc(N(c5ccc6c(c5)C=CCC6)c5ccc6ccccc6c5)cc4)cc3)c3ccc4ccccc4c3)CC2C=C1. The third kappa shape index (κ3) is 6.71. The number of rotatable bonds is 8. The predicted octanol–water partition coefficient (Wildman–Crippen LogP) is 14.7. The molecule has 0 saturated carbocycles. The Labute approximate surface area is 329 Å². The summed E-state index contributed by atoms with van der Waals surface area (Å²) in [5.74, 6) is 0.395. The van der Waals surface area contributed by atoms with Crippen molar-refractivity contribution in [3.05, 3.63) is 228 Å². The topological polar surface area (TPSA) is 6.48 Å². The first-order valence-electron chi connectivity index (χ1n) is 19.7. The Morgan fingerprint density at radius 1 is 0.482 bits per heavy atom. The molecule has 2 heteroatoms. The van der Waals surface area contributed by atoms with Crippen LogP contribution >= 0.6 is 0 Å². The second-order valence-corrected chi connectivity index (χ2v) is 15.0. The van der Waals surface area contributed by atoms with E-state index >= 15 is 0 Å². The smallest absolute Gasteiger partial charge is 0.0468 e. The van der Waals surface area contributed by atoms with Crippen LogP contribution in [0.4, 0.5) is 28.4 Å². The standard InChI is InChI=1S/C54H42N2/c1-5-13-45-35-51(31-23-41(45)9-1)55(52-32-24-42-10-2-6-14-46(42)36-52)49-27-19-39(20-28-49)17-18-40-21-29-50(30-22-40)56(53-33-25-43-11-3-7-15-47(43)37-53)54-34-26-44-12-4-8-16-48(44)38-54/h1-3,5-11,13-35,37-38,46H,4,12,36H2/b18-17-. The van der Waals surface area contributed by atoms with Crippen LogP contribution in [0, 0.1) is 5.92 Å². The Hall–Kier alpha value is -6.90. The summed E-state index contributed by atoms with van der Waals surface area (Å²) in [6.45, 7) is 0. The van der Waals surface area contributed by atoms with Crippen LogP contribution in [0.25, 0.3) is 39.8 Å². The molecule has 0 aromatic heterocycles. The van der Waals surface area contributed by atoms with Crippen molar-refractivity contribution in [1.82, 2.24) is 0 Å². The van der Waals surface area contributed by atoms with Crippen molar-refractivity contribution < 1.29 is 0 Å². The van der Waals surface area contributed by atoms with Gasteiger partial charge in [0.1, 0.15) is 0 Å². The maximum atomic E-state index is 2.43. The van der Waals surface area contributed by atoms with Crippen LogP contribution in [0.2, 0.25) is 0 Å². The van der Waals surface area contributed by atoms with Gasteiger partial charge in [0.2, 0.25) is 0 Å². The lowest BCUT2D eigenvalue weighted by molar-refractivity contribution is 0.732. The molecule has 7 aromatic rings. The highest BCUT2D eigenvalue weighted by Gasteiger charge is 2.23. The Kier molecular flexibility index (Phi) is 8.85. The number of fused-ring (bicyclic) bond motifs is 4. The molecule has 0 bridgehead atoms. The zero-order valence-corrected chi connectivity index (χ0v) is 31.3. The molecule has 7 aromatic carbocycles. The van der Waals surface area contributed by atoms with Gasteiger partial charge in [0, 0.05) is 40.1 Å². The first-order chi connectivity index (χ1) is 27.7. The molecule has 2 nitrogen and oxygen atoms in total. The van der Waals surface area contributed by atoms with E-state index in [0.29, 0.717) is 5.92 Å². The van der Waals surface area contributed by atoms with Gasteiger partial charge in [0.05, 0.1) is 0 Å². The monoisotopic (exact) mass is 718 g/mol. The van der Waals surface area contributed by atoms with Crippen molar-refractivity contribution in [2.75, 3.05) is 9.80 Å². The molecular weight excluding hydrogens is 677 g/mol. The van der Waals surface area contributed by atoms with Gasteiger partial charge in [-0.1, -0.05) is 146 Å². The molecule has 0 spiro atoms. The summed E-state index contributed by atoms with van der Waals surface area (Å²) in [6.07, 6.45) is 25.6. The van der Waals surface area contributed by atoms with E-state index in [1.54, 1.807) is 0 Å². The van der Waals surface area contributed by atoms with E-state index in [1.165, 1.54) is 55.3 Å². The summed E-state index contributed by atoms with van der Waals surface area (Å²) in [7, 11) is 0. The fourth-order valence-corrected chi connectivity index (χ4v) is 8.39. The molecule has 0 amide bonds. The molecule has 0 heterocycles. The maximum absolute atomic E-state index is 2.43. The Morgan fingerprint density at radius 3 is 1.73 bits per heavy atom. The van der Waals surface area contributed by atoms with Crippen LogP contribution in [-0.2, 0) is 6.42 Å². The number of anilines is 5. The lowest BCUT2D eigenvalue weighted by atomic mass is 9.86. The van der Waals surface area contributed by atoms with E-state index in [4.69, 9.17) is 0 Å². The van der Waals surface area contributed by atoms with Gasteiger partial charge >= 0.3 is 0 Å². The van der Waals surface area contributed by atoms with Crippen molar-refractivity contribution in [3.8, 4) is 0 Å². The second kappa shape index (κ2) is 14.7. The van der Waals surface area contributed by atoms with E-state index in [2.05, 4.69) is 222 Å². The van der Waals surface area contributed by atoms with Gasteiger partial charge < -0.3 is 9.80 Å². The third-order valence-electron chi connectivity index (χ3n) is 11.4. The molecule has 3 aliphatic rings. The molecule has 0 aliphatic heterocycles. The van der Waals surface area contributed by atoms with E-state index in [-0.39, 0.29) is 0 Å². The molecule has 3 aliphatic carbocycles. The Morgan fingerprint density at radius 2 is 1.05 bits per heavy atom. The number of aryl methyl sites for hydroxylation is 1. The lowest BCUT2D eigenvalue weighted by Crippen LogP contribution is -2.21. The van der Waals surface area contributed by atoms with Crippen LogP contribution in [0.3, 0.4) is 0 Å². The largest absolute Gasteiger partial charge is 0.314 e.